The van der Waals surface area contributed by atoms with Gasteiger partial charge in [0, 0.05) is 6.07 Å². The van der Waals surface area contributed by atoms with Crippen molar-refractivity contribution in [3.8, 4) is 34.5 Å². The molecule has 0 heterocycles. The van der Waals surface area contributed by atoms with E-state index < -0.39 is 30.9 Å². The van der Waals surface area contributed by atoms with Crippen molar-refractivity contribution in [3.63, 3.8) is 0 Å². The molecule has 4 aromatic carbocycles. The van der Waals surface area contributed by atoms with Crippen LogP contribution >= 0.6 is 0 Å². The Kier molecular flexibility index (Phi) is 30.1. The third-order valence-corrected chi connectivity index (χ3v) is 13.1. The van der Waals surface area contributed by atoms with E-state index in [-0.39, 0.29) is 59.9 Å². The van der Waals surface area contributed by atoms with Gasteiger partial charge in [-0.25, -0.2) is 8.42 Å². The second-order valence-corrected chi connectivity index (χ2v) is 19.7. The molecule has 356 valence electrons. The summed E-state index contributed by atoms with van der Waals surface area (Å²) >= 11 is 0. The minimum absolute atomic E-state index is 0. The standard InChI is InChI=1S/2C26H38O5S.Ca/c2*1-2-3-4-5-6-7-8-9-10-11-12-13-14-22-15-17-23(18-16-22)31-26-20-19-24(21-25(26)27)32(28,29)30;/h2*15-21,27H,2-14H2,1H3,(H,28,29,30);/q;;+2/p-2. The van der Waals surface area contributed by atoms with E-state index in [0.717, 1.165) is 37.5 Å². The minimum atomic E-state index is -4.65. The van der Waals surface area contributed by atoms with Gasteiger partial charge in [0.05, 0.1) is 9.79 Å². The second kappa shape index (κ2) is 33.6. The molecule has 4 aromatic rings. The van der Waals surface area contributed by atoms with Crippen molar-refractivity contribution < 1.29 is 45.6 Å². The van der Waals surface area contributed by atoms with E-state index in [1.165, 1.54) is 177 Å². The van der Waals surface area contributed by atoms with Crippen LogP contribution in [0.15, 0.2) is 94.7 Å². The summed E-state index contributed by atoms with van der Waals surface area (Å²) in [5, 5.41) is 21.9. The van der Waals surface area contributed by atoms with Crippen LogP contribution in [0.1, 0.15) is 179 Å². The number of aromatic hydroxyl groups is 1. The summed E-state index contributed by atoms with van der Waals surface area (Å²) in [7, 11) is -9.01. The van der Waals surface area contributed by atoms with Gasteiger partial charge in [0.15, 0.2) is 11.5 Å². The first kappa shape index (κ1) is 58.3. The first-order valence-electron chi connectivity index (χ1n) is 23.9. The zero-order valence-corrected chi connectivity index (χ0v) is 43.0. The summed E-state index contributed by atoms with van der Waals surface area (Å²) in [6.45, 7) is 4.52. The molecule has 0 amide bonds. The van der Waals surface area contributed by atoms with Crippen LogP contribution in [0.25, 0.3) is 0 Å². The van der Waals surface area contributed by atoms with Gasteiger partial charge in [0.1, 0.15) is 27.4 Å². The van der Waals surface area contributed by atoms with Gasteiger partial charge in [-0.2, -0.15) is 8.42 Å². The molecule has 0 aliphatic rings. The molecular weight excluding hydrogens is 889 g/mol. The van der Waals surface area contributed by atoms with E-state index >= 15 is 0 Å². The molecule has 0 atom stereocenters. The molecule has 2 N–H and O–H groups in total. The number of hydrogen-bond donors (Lipinski definition) is 2. The van der Waals surface area contributed by atoms with Crippen LogP contribution in [0.2, 0.25) is 0 Å². The summed E-state index contributed by atoms with van der Waals surface area (Å²) in [4.78, 5) is -0.923. The molecule has 0 aromatic heterocycles. The Balaban J connectivity index is 0.000000440. The molecule has 4 rings (SSSR count). The van der Waals surface area contributed by atoms with Gasteiger partial charge in [0.2, 0.25) is 0 Å². The third kappa shape index (κ3) is 25.8. The SMILES string of the molecule is CCCCCCCCCCCCCCc1ccc(Oc2ccc(S(=O)(=O)O)cc2O)cc1.CCCCCCCCCCCCCCc1ccc(Oc2ccc(S(=O)(=O)[O-])cc2[O-])cc1.[Ca+2]. The molecule has 0 bridgehead atoms. The Bertz CT molecular complexity index is 1940. The van der Waals surface area contributed by atoms with E-state index in [9.17, 15) is 31.6 Å². The van der Waals surface area contributed by atoms with Gasteiger partial charge in [-0.3, -0.25) is 4.55 Å². The number of aryl methyl sites for hydroxylation is 2. The molecule has 0 radical (unpaired) electrons. The fraction of sp³-hybridized carbons (Fsp3) is 0.538. The smallest absolute Gasteiger partial charge is 0.870 e. The number of phenolic OH excluding ortho intramolecular Hbond substituents is 1. The minimum Gasteiger partial charge on any atom is -0.870 e. The van der Waals surface area contributed by atoms with Crippen LogP contribution in [0.5, 0.6) is 34.5 Å². The molecule has 0 unspecified atom stereocenters. The maximum atomic E-state index is 12.0. The monoisotopic (exact) mass is 962 g/mol. The van der Waals surface area contributed by atoms with Crippen molar-refractivity contribution in [1.82, 2.24) is 0 Å². The van der Waals surface area contributed by atoms with Crippen LogP contribution in [0, 0.1) is 0 Å². The van der Waals surface area contributed by atoms with Gasteiger partial charge in [-0.1, -0.05) is 185 Å². The van der Waals surface area contributed by atoms with E-state index in [2.05, 4.69) is 13.8 Å². The molecule has 0 fully saturated rings. The summed E-state index contributed by atoms with van der Waals surface area (Å²) in [5.41, 5.74) is 2.47. The zero-order chi connectivity index (χ0) is 46.5. The Morgan fingerprint density at radius 1 is 0.462 bits per heavy atom. The van der Waals surface area contributed by atoms with Crippen LogP contribution in [0.4, 0.5) is 0 Å². The summed E-state index contributed by atoms with van der Waals surface area (Å²) in [5.74, 6) is 0.192. The molecule has 10 nitrogen and oxygen atoms in total. The topological polar surface area (TPSA) is 173 Å². The fourth-order valence-corrected chi connectivity index (χ4v) is 8.50. The number of unbranched alkanes of at least 4 members (excludes halogenated alkanes) is 22. The van der Waals surface area contributed by atoms with Gasteiger partial charge >= 0.3 is 37.7 Å². The number of hydrogen-bond acceptors (Lipinski definition) is 9. The maximum absolute atomic E-state index is 12.0. The van der Waals surface area contributed by atoms with Crippen molar-refractivity contribution in [1.29, 1.82) is 0 Å². The number of phenols is 1. The van der Waals surface area contributed by atoms with E-state index in [0.29, 0.717) is 11.5 Å². The average Bonchev–Trinajstić information content (AvgIpc) is 3.26. The Hall–Kier alpha value is -2.84. The predicted octanol–water partition coefficient (Wildman–Crippen LogP) is 14.0. The van der Waals surface area contributed by atoms with Crippen LogP contribution in [-0.2, 0) is 33.1 Å². The molecule has 65 heavy (non-hydrogen) atoms. The number of ether oxygens (including phenoxy) is 2. The summed E-state index contributed by atoms with van der Waals surface area (Å²) in [6, 6.07) is 21.8. The van der Waals surface area contributed by atoms with Crippen molar-refractivity contribution in [2.75, 3.05) is 0 Å². The second-order valence-electron chi connectivity index (χ2n) is 16.9. The summed E-state index contributed by atoms with van der Waals surface area (Å²) < 4.78 is 75.4. The molecule has 0 saturated carbocycles. The van der Waals surface area contributed by atoms with E-state index in [1.807, 2.05) is 36.4 Å². The largest absolute Gasteiger partial charge is 2.00 e. The molecule has 0 saturated heterocycles. The molecule has 0 aliphatic carbocycles. The van der Waals surface area contributed by atoms with Gasteiger partial charge < -0.3 is 24.2 Å². The molecular formula is C52H74CaO10S2. The van der Waals surface area contributed by atoms with Crippen LogP contribution in [0.3, 0.4) is 0 Å². The Labute approximate surface area is 421 Å². The zero-order valence-electron chi connectivity index (χ0n) is 39.2. The third-order valence-electron chi connectivity index (χ3n) is 11.4. The first-order chi connectivity index (χ1) is 30.8. The summed E-state index contributed by atoms with van der Waals surface area (Å²) in [6.07, 6.45) is 34.1. The van der Waals surface area contributed by atoms with Crippen molar-refractivity contribution in [2.24, 2.45) is 0 Å². The molecule has 0 spiro atoms. The number of rotatable bonds is 32. The Morgan fingerprint density at radius 3 is 1.14 bits per heavy atom. The van der Waals surface area contributed by atoms with E-state index in [1.54, 1.807) is 12.1 Å². The van der Waals surface area contributed by atoms with Crippen molar-refractivity contribution >= 4 is 58.0 Å². The Morgan fingerprint density at radius 2 is 0.800 bits per heavy atom. The van der Waals surface area contributed by atoms with Crippen LogP contribution in [-0.4, -0.2) is 68.8 Å². The normalized spacial score (nSPS) is 11.4. The van der Waals surface area contributed by atoms with Crippen molar-refractivity contribution in [2.45, 2.75) is 191 Å². The predicted molar refractivity (Wildman–Crippen MR) is 260 cm³/mol. The number of benzene rings is 4. The average molecular weight is 963 g/mol. The van der Waals surface area contributed by atoms with Crippen molar-refractivity contribution in [3.05, 3.63) is 96.1 Å². The molecule has 13 heteroatoms. The van der Waals surface area contributed by atoms with Gasteiger partial charge in [-0.15, -0.1) is 0 Å². The quantitative estimate of drug-likeness (QED) is 0.0272. The molecule has 0 aliphatic heterocycles. The van der Waals surface area contributed by atoms with E-state index in [4.69, 9.17) is 14.0 Å². The van der Waals surface area contributed by atoms with Gasteiger partial charge in [0.25, 0.3) is 10.1 Å². The first-order valence-corrected chi connectivity index (χ1v) is 26.8. The van der Waals surface area contributed by atoms with Gasteiger partial charge in [-0.05, 0) is 91.4 Å². The van der Waals surface area contributed by atoms with Crippen LogP contribution < -0.4 is 14.6 Å². The fourth-order valence-electron chi connectivity index (χ4n) is 7.51. The maximum Gasteiger partial charge on any atom is 2.00 e.